The number of halogens is 3. The van der Waals surface area contributed by atoms with Gasteiger partial charge in [0.05, 0.1) is 4.90 Å². The Morgan fingerprint density at radius 2 is 1.67 bits per heavy atom. The van der Waals surface area contributed by atoms with Crippen molar-refractivity contribution in [3.8, 4) is 0 Å². The Morgan fingerprint density at radius 1 is 1.06 bits per heavy atom. The van der Waals surface area contributed by atoms with Crippen LogP contribution in [0.25, 0.3) is 0 Å². The summed E-state index contributed by atoms with van der Waals surface area (Å²) < 4.78 is 66.2. The second kappa shape index (κ2) is 10.9. The first-order valence-electron chi connectivity index (χ1n) is 10.8. The monoisotopic (exact) mass is 500 g/mol. The highest BCUT2D eigenvalue weighted by molar-refractivity contribution is 7.98. The number of amides is 1. The average Bonchev–Trinajstić information content (AvgIpc) is 2.81. The van der Waals surface area contributed by atoms with Crippen molar-refractivity contribution in [2.45, 2.75) is 53.9 Å². The molecule has 0 aliphatic carbocycles. The fourth-order valence-corrected chi connectivity index (χ4v) is 6.47. The molecule has 0 bridgehead atoms. The van der Waals surface area contributed by atoms with Crippen molar-refractivity contribution in [1.82, 2.24) is 9.21 Å². The SMILES string of the molecule is CCCN(C1CCN(C(=O)C(F)(F)F)CC1)S(=O)(=O)c1ccc(SCc2ccccc2)cc1. The number of hydrogen-bond acceptors (Lipinski definition) is 4. The third-order valence-electron chi connectivity index (χ3n) is 5.52. The van der Waals surface area contributed by atoms with Crippen LogP contribution in [-0.4, -0.2) is 55.4 Å². The molecule has 180 valence electrons. The summed E-state index contributed by atoms with van der Waals surface area (Å²) in [4.78, 5) is 13.3. The number of nitrogens with zero attached hydrogens (tertiary/aromatic N) is 2. The molecule has 0 spiro atoms. The maximum atomic E-state index is 13.3. The molecule has 3 rings (SSSR count). The summed E-state index contributed by atoms with van der Waals surface area (Å²) in [5.41, 5.74) is 1.17. The van der Waals surface area contributed by atoms with E-state index in [0.717, 1.165) is 15.5 Å². The Morgan fingerprint density at radius 3 is 2.21 bits per heavy atom. The summed E-state index contributed by atoms with van der Waals surface area (Å²) in [5, 5.41) is 0. The van der Waals surface area contributed by atoms with Crippen molar-refractivity contribution in [3.63, 3.8) is 0 Å². The molecule has 1 saturated heterocycles. The Bertz CT molecular complexity index is 1020. The maximum Gasteiger partial charge on any atom is 0.471 e. The molecule has 0 radical (unpaired) electrons. The topological polar surface area (TPSA) is 57.7 Å². The minimum atomic E-state index is -4.91. The van der Waals surface area contributed by atoms with Crippen LogP contribution in [0.15, 0.2) is 64.4 Å². The normalized spacial score (nSPS) is 15.7. The van der Waals surface area contributed by atoms with E-state index < -0.39 is 28.1 Å². The number of sulfonamides is 1. The van der Waals surface area contributed by atoms with Gasteiger partial charge in [0.25, 0.3) is 0 Å². The largest absolute Gasteiger partial charge is 0.471 e. The Kier molecular flexibility index (Phi) is 8.47. The molecule has 0 atom stereocenters. The van der Waals surface area contributed by atoms with E-state index in [2.05, 4.69) is 0 Å². The van der Waals surface area contributed by atoms with E-state index in [1.165, 1.54) is 9.87 Å². The molecule has 2 aromatic carbocycles. The van der Waals surface area contributed by atoms with E-state index in [1.807, 2.05) is 37.3 Å². The van der Waals surface area contributed by atoms with Crippen LogP contribution in [0.2, 0.25) is 0 Å². The molecule has 1 amide bonds. The third-order valence-corrected chi connectivity index (χ3v) is 8.57. The van der Waals surface area contributed by atoms with Gasteiger partial charge in [0, 0.05) is 36.3 Å². The van der Waals surface area contributed by atoms with Gasteiger partial charge in [-0.1, -0.05) is 37.3 Å². The number of hydrogen-bond donors (Lipinski definition) is 0. The molecule has 1 aliphatic heterocycles. The third kappa shape index (κ3) is 6.51. The number of rotatable bonds is 8. The lowest BCUT2D eigenvalue weighted by Gasteiger charge is -2.37. The summed E-state index contributed by atoms with van der Waals surface area (Å²) in [5.74, 6) is -1.10. The van der Waals surface area contributed by atoms with Crippen molar-refractivity contribution in [2.75, 3.05) is 19.6 Å². The lowest BCUT2D eigenvalue weighted by molar-refractivity contribution is -0.186. The lowest BCUT2D eigenvalue weighted by atomic mass is 10.0. The van der Waals surface area contributed by atoms with Crippen molar-refractivity contribution in [1.29, 1.82) is 0 Å². The van der Waals surface area contributed by atoms with Crippen LogP contribution in [-0.2, 0) is 20.6 Å². The van der Waals surface area contributed by atoms with Crippen LogP contribution in [0.4, 0.5) is 13.2 Å². The van der Waals surface area contributed by atoms with Crippen LogP contribution in [0.5, 0.6) is 0 Å². The molecule has 2 aromatic rings. The highest BCUT2D eigenvalue weighted by Crippen LogP contribution is 2.29. The molecule has 0 N–H and O–H groups in total. The van der Waals surface area contributed by atoms with Crippen LogP contribution < -0.4 is 0 Å². The summed E-state index contributed by atoms with van der Waals surface area (Å²) in [6.07, 6.45) is -3.99. The van der Waals surface area contributed by atoms with E-state index in [9.17, 15) is 26.4 Å². The zero-order valence-corrected chi connectivity index (χ0v) is 19.9. The Hall–Kier alpha value is -2.04. The molecule has 33 heavy (non-hydrogen) atoms. The fourth-order valence-electron chi connectivity index (χ4n) is 3.84. The van der Waals surface area contributed by atoms with Crippen molar-refractivity contribution in [2.24, 2.45) is 0 Å². The zero-order valence-electron chi connectivity index (χ0n) is 18.3. The van der Waals surface area contributed by atoms with E-state index in [-0.39, 0.29) is 37.4 Å². The maximum absolute atomic E-state index is 13.3. The second-order valence-corrected chi connectivity index (χ2v) is 10.8. The van der Waals surface area contributed by atoms with E-state index in [0.29, 0.717) is 6.42 Å². The number of likely N-dealkylation sites (tertiary alicyclic amines) is 1. The number of thioether (sulfide) groups is 1. The molecule has 0 unspecified atom stereocenters. The number of benzene rings is 2. The standard InChI is InChI=1S/C23H27F3N2O3S2/c1-2-14-28(19-12-15-27(16-13-19)22(29)23(24,25)26)33(30,31)21-10-8-20(9-11-21)32-17-18-6-4-3-5-7-18/h3-11,19H,2,12-17H2,1H3. The number of piperidine rings is 1. The van der Waals surface area contributed by atoms with Gasteiger partial charge < -0.3 is 4.90 Å². The number of alkyl halides is 3. The fraction of sp³-hybridized carbons (Fsp3) is 0.435. The van der Waals surface area contributed by atoms with Crippen LogP contribution in [0.1, 0.15) is 31.7 Å². The van der Waals surface area contributed by atoms with Crippen molar-refractivity contribution < 1.29 is 26.4 Å². The van der Waals surface area contributed by atoms with Gasteiger partial charge in [0.2, 0.25) is 10.0 Å². The Balaban J connectivity index is 1.68. The molecule has 1 heterocycles. The van der Waals surface area contributed by atoms with Gasteiger partial charge in [-0.15, -0.1) is 11.8 Å². The summed E-state index contributed by atoms with van der Waals surface area (Å²) >= 11 is 1.61. The highest BCUT2D eigenvalue weighted by Gasteiger charge is 2.44. The van der Waals surface area contributed by atoms with Gasteiger partial charge in [-0.25, -0.2) is 8.42 Å². The summed E-state index contributed by atoms with van der Waals surface area (Å²) in [6, 6.07) is 16.2. The van der Waals surface area contributed by atoms with E-state index in [1.54, 1.807) is 36.0 Å². The van der Waals surface area contributed by atoms with Crippen molar-refractivity contribution in [3.05, 3.63) is 60.2 Å². The van der Waals surface area contributed by atoms with Gasteiger partial charge in [-0.05, 0) is 49.1 Å². The lowest BCUT2D eigenvalue weighted by Crippen LogP contribution is -2.51. The van der Waals surface area contributed by atoms with Crippen molar-refractivity contribution >= 4 is 27.7 Å². The minimum absolute atomic E-state index is 0.117. The molecular formula is C23H27F3N2O3S2. The molecule has 5 nitrogen and oxygen atoms in total. The van der Waals surface area contributed by atoms with Gasteiger partial charge in [-0.3, -0.25) is 4.79 Å². The second-order valence-electron chi connectivity index (χ2n) is 7.88. The molecule has 0 aromatic heterocycles. The smallest absolute Gasteiger partial charge is 0.335 e. The zero-order chi connectivity index (χ0) is 24.1. The molecule has 1 aliphatic rings. The molecule has 1 fully saturated rings. The highest BCUT2D eigenvalue weighted by atomic mass is 32.2. The Labute approximate surface area is 197 Å². The number of carbonyl (C=O) groups is 1. The average molecular weight is 501 g/mol. The van der Waals surface area contributed by atoms with Crippen LogP contribution >= 0.6 is 11.8 Å². The van der Waals surface area contributed by atoms with E-state index in [4.69, 9.17) is 0 Å². The van der Waals surface area contributed by atoms with E-state index >= 15 is 0 Å². The van der Waals surface area contributed by atoms with Gasteiger partial charge >= 0.3 is 12.1 Å². The molecule has 0 saturated carbocycles. The van der Waals surface area contributed by atoms with Gasteiger partial charge in [0.15, 0.2) is 0 Å². The minimum Gasteiger partial charge on any atom is -0.335 e. The number of carbonyl (C=O) groups excluding carboxylic acids is 1. The van der Waals surface area contributed by atoms with Gasteiger partial charge in [0.1, 0.15) is 0 Å². The van der Waals surface area contributed by atoms with Gasteiger partial charge in [-0.2, -0.15) is 17.5 Å². The molecule has 10 heteroatoms. The molecular weight excluding hydrogens is 473 g/mol. The van der Waals surface area contributed by atoms with Crippen LogP contribution in [0.3, 0.4) is 0 Å². The van der Waals surface area contributed by atoms with Crippen LogP contribution in [0, 0.1) is 0 Å². The first kappa shape index (κ1) is 25.6. The quantitative estimate of drug-likeness (QED) is 0.482. The summed E-state index contributed by atoms with van der Waals surface area (Å²) in [7, 11) is -3.81. The first-order chi connectivity index (χ1) is 15.6. The first-order valence-corrected chi connectivity index (χ1v) is 13.2. The summed E-state index contributed by atoms with van der Waals surface area (Å²) in [6.45, 7) is 1.89. The predicted molar refractivity (Wildman–Crippen MR) is 122 cm³/mol. The predicted octanol–water partition coefficient (Wildman–Crippen LogP) is 4.93.